The normalized spacial score (nSPS) is 15.0. The SMILES string of the molecule is CC(C)C1=NC(C(C)C)N=N1.CC(C)C1=NOC(C(C)C)C1.CC(C)c1cc(C(C)C)on1.CC(C)c1cn(C(C)C)nn1.CC(C)c1n[nH]c(C(C)C)n1.CC(C)c1nnc(C(C)C)o1.CC(C)c1nnc(C(C)C)s1. The van der Waals surface area contributed by atoms with E-state index in [9.17, 15) is 0 Å². The molecular weight excluding hydrogens is 987 g/mol. The highest BCUT2D eigenvalue weighted by Gasteiger charge is 2.25. The van der Waals surface area contributed by atoms with Crippen molar-refractivity contribution in [2.75, 3.05) is 0 Å². The van der Waals surface area contributed by atoms with Gasteiger partial charge in [-0.15, -0.1) is 41.9 Å². The summed E-state index contributed by atoms with van der Waals surface area (Å²) >= 11 is 1.73. The molecule has 0 aliphatic carbocycles. The molecule has 0 aromatic carbocycles. The maximum absolute atomic E-state index is 5.38. The topological polar surface area (TPSA) is 222 Å². The molecule has 0 radical (unpaired) electrons. The fraction of sp³-hybridized carbons (Fsp3) is 0.776. The van der Waals surface area contributed by atoms with E-state index in [1.807, 2.05) is 44.6 Å². The van der Waals surface area contributed by atoms with Crippen LogP contribution in [0.25, 0.3) is 0 Å². The first-order valence-corrected chi connectivity index (χ1v) is 29.3. The lowest BCUT2D eigenvalue weighted by Gasteiger charge is -2.11. The summed E-state index contributed by atoms with van der Waals surface area (Å²) in [5, 5.41) is 49.5. The lowest BCUT2D eigenvalue weighted by molar-refractivity contribution is 0.0521. The lowest BCUT2D eigenvalue weighted by Crippen LogP contribution is -2.16. The fourth-order valence-corrected chi connectivity index (χ4v) is 6.70. The second kappa shape index (κ2) is 34.7. The van der Waals surface area contributed by atoms with E-state index in [-0.39, 0.29) is 6.17 Å². The van der Waals surface area contributed by atoms with Gasteiger partial charge in [-0.1, -0.05) is 196 Å². The highest BCUT2D eigenvalue weighted by Crippen LogP contribution is 2.25. The third-order valence-electron chi connectivity index (χ3n) is 11.6. The number of amidine groups is 1. The van der Waals surface area contributed by atoms with Crippen molar-refractivity contribution < 1.29 is 13.8 Å². The molecule has 0 amide bonds. The van der Waals surface area contributed by atoms with E-state index < -0.39 is 0 Å². The van der Waals surface area contributed by atoms with Crippen LogP contribution in [0.5, 0.6) is 0 Å². The first-order chi connectivity index (χ1) is 35.8. The predicted octanol–water partition coefficient (Wildman–Crippen LogP) is 17.0. The largest absolute Gasteiger partial charge is 0.425 e. The van der Waals surface area contributed by atoms with Crippen LogP contribution in [0, 0.1) is 23.7 Å². The first-order valence-electron chi connectivity index (χ1n) is 28.4. The molecule has 2 aliphatic rings. The van der Waals surface area contributed by atoms with Crippen LogP contribution in [-0.2, 0) is 4.84 Å². The van der Waals surface area contributed by atoms with Crippen LogP contribution in [0.1, 0.15) is 310 Å². The number of aliphatic imine (C=N–C) groups is 1. The molecule has 5 aromatic heterocycles. The molecule has 77 heavy (non-hydrogen) atoms. The highest BCUT2D eigenvalue weighted by molar-refractivity contribution is 7.11. The van der Waals surface area contributed by atoms with Gasteiger partial charge in [-0.3, -0.25) is 5.10 Å². The van der Waals surface area contributed by atoms with E-state index in [1.54, 1.807) is 11.3 Å². The average molecular weight is 1090 g/mol. The summed E-state index contributed by atoms with van der Waals surface area (Å²) < 4.78 is 12.4. The second-order valence-electron chi connectivity index (χ2n) is 24.1. The molecule has 1 N–H and O–H groups in total. The molecule has 436 valence electrons. The fourth-order valence-electron chi connectivity index (χ4n) is 5.85. The molecule has 0 saturated heterocycles. The van der Waals surface area contributed by atoms with Crippen LogP contribution >= 0.6 is 11.3 Å². The molecule has 18 nitrogen and oxygen atoms in total. The van der Waals surface area contributed by atoms with E-state index in [4.69, 9.17) is 13.8 Å². The van der Waals surface area contributed by atoms with Gasteiger partial charge in [0.15, 0.2) is 17.8 Å². The summed E-state index contributed by atoms with van der Waals surface area (Å²) in [4.78, 5) is 14.0. The van der Waals surface area contributed by atoms with Crippen molar-refractivity contribution in [1.82, 2.24) is 55.7 Å². The van der Waals surface area contributed by atoms with Crippen molar-refractivity contribution in [2.24, 2.45) is 44.0 Å². The number of oxime groups is 1. The Labute approximate surface area is 469 Å². The number of hydrogen-bond donors (Lipinski definition) is 1. The van der Waals surface area contributed by atoms with Crippen molar-refractivity contribution in [2.45, 2.75) is 272 Å². The minimum atomic E-state index is 0.0763. The van der Waals surface area contributed by atoms with E-state index in [2.05, 4.69) is 238 Å². The van der Waals surface area contributed by atoms with E-state index in [0.717, 1.165) is 62.9 Å². The Balaban J connectivity index is 0.000000449. The van der Waals surface area contributed by atoms with Crippen LogP contribution in [0.4, 0.5) is 0 Å². The summed E-state index contributed by atoms with van der Waals surface area (Å²) in [6, 6.07) is 2.45. The quantitative estimate of drug-likeness (QED) is 0.110. The van der Waals surface area contributed by atoms with Crippen molar-refractivity contribution >= 4 is 22.9 Å². The molecule has 0 saturated carbocycles. The summed E-state index contributed by atoms with van der Waals surface area (Å²) in [6.45, 7) is 59.0. The third-order valence-corrected chi connectivity index (χ3v) is 13.1. The van der Waals surface area contributed by atoms with Gasteiger partial charge in [0.2, 0.25) is 11.8 Å². The molecule has 2 atom stereocenters. The van der Waals surface area contributed by atoms with Gasteiger partial charge in [-0.2, -0.15) is 10.2 Å². The van der Waals surface area contributed by atoms with E-state index >= 15 is 0 Å². The molecule has 2 aliphatic heterocycles. The Hall–Kier alpha value is -5.07. The number of aromatic amines is 1. The van der Waals surface area contributed by atoms with Gasteiger partial charge >= 0.3 is 0 Å². The van der Waals surface area contributed by atoms with Gasteiger partial charge in [0.25, 0.3) is 0 Å². The van der Waals surface area contributed by atoms with Gasteiger partial charge in [0.05, 0.1) is 17.1 Å². The molecule has 7 rings (SSSR count). The number of hydrogen-bond acceptors (Lipinski definition) is 17. The van der Waals surface area contributed by atoms with Crippen LogP contribution in [0.3, 0.4) is 0 Å². The number of rotatable bonds is 14. The zero-order valence-electron chi connectivity index (χ0n) is 53.0. The first kappa shape index (κ1) is 69.9. The number of nitrogens with zero attached hydrogens (tertiary/aromatic N) is 14. The van der Waals surface area contributed by atoms with Gasteiger partial charge in [0.1, 0.15) is 27.7 Å². The maximum atomic E-state index is 5.38. The molecule has 2 unspecified atom stereocenters. The number of aromatic nitrogens is 11. The molecule has 7 heterocycles. The number of H-pyrrole nitrogens is 1. The zero-order valence-corrected chi connectivity index (χ0v) is 53.8. The predicted molar refractivity (Wildman–Crippen MR) is 317 cm³/mol. The standard InChI is InChI=1S/C9H17NO.C9H15NO.3C8H15N3.C8H14N2O.C8H14N2S/c2*1-6(2)8-5-9(7(3)4)11-10-8;1-6(2)8-5-11(7(3)4)10-9-8;2*1-5(2)7-9-8(6(3)4)11-10-7;2*1-5(2)7-9-10-8(11-7)6(3)4/h6-7,9H,5H2,1-4H3;2*5-7H,1-4H3;5-6H,1-4H3,(H,9,10,11);5-7H,1-4H3;2*5-6H,1-4H3. The van der Waals surface area contributed by atoms with E-state index in [1.165, 1.54) is 5.71 Å². The van der Waals surface area contributed by atoms with Crippen molar-refractivity contribution in [3.63, 3.8) is 0 Å². The van der Waals surface area contributed by atoms with Crippen LogP contribution in [0.2, 0.25) is 0 Å². The Bertz CT molecular complexity index is 2020. The van der Waals surface area contributed by atoms with Gasteiger partial charge < -0.3 is 13.8 Å². The van der Waals surface area contributed by atoms with Crippen molar-refractivity contribution in [3.8, 4) is 0 Å². The molecule has 0 fully saturated rings. The van der Waals surface area contributed by atoms with Crippen molar-refractivity contribution in [1.29, 1.82) is 0 Å². The van der Waals surface area contributed by atoms with Crippen LogP contribution < -0.4 is 0 Å². The minimum Gasteiger partial charge on any atom is -0.425 e. The Kier molecular flexibility index (Phi) is 31.6. The van der Waals surface area contributed by atoms with Gasteiger partial charge in [0, 0.05) is 72.1 Å². The molecular formula is C58H105N15O3S. The Morgan fingerprint density at radius 2 is 1.10 bits per heavy atom. The summed E-state index contributed by atoms with van der Waals surface area (Å²) in [5.74, 6) is 11.1. The minimum absolute atomic E-state index is 0.0763. The molecule has 0 bridgehead atoms. The van der Waals surface area contributed by atoms with Crippen LogP contribution in [0.15, 0.2) is 41.6 Å². The molecule has 0 spiro atoms. The summed E-state index contributed by atoms with van der Waals surface area (Å²) in [5.41, 5.74) is 3.33. The zero-order chi connectivity index (χ0) is 59.0. The maximum Gasteiger partial charge on any atom is 0.219 e. The van der Waals surface area contributed by atoms with Crippen LogP contribution in [-0.4, -0.2) is 79.5 Å². The highest BCUT2D eigenvalue weighted by atomic mass is 32.1. The number of nitrogens with one attached hydrogen (secondary N) is 1. The second-order valence-corrected chi connectivity index (χ2v) is 25.2. The monoisotopic (exact) mass is 1090 g/mol. The Morgan fingerprint density at radius 1 is 0.558 bits per heavy atom. The van der Waals surface area contributed by atoms with E-state index in [0.29, 0.717) is 89.1 Å². The summed E-state index contributed by atoms with van der Waals surface area (Å²) in [7, 11) is 0. The summed E-state index contributed by atoms with van der Waals surface area (Å²) in [6.07, 6.45) is 3.43. The Morgan fingerprint density at radius 3 is 1.35 bits per heavy atom. The van der Waals surface area contributed by atoms with Gasteiger partial charge in [-0.25, -0.2) is 14.7 Å². The molecule has 5 aromatic rings. The number of azo groups is 1. The smallest absolute Gasteiger partial charge is 0.219 e. The van der Waals surface area contributed by atoms with Gasteiger partial charge in [-0.05, 0) is 43.4 Å². The third kappa shape index (κ3) is 26.0. The molecule has 19 heteroatoms. The lowest BCUT2D eigenvalue weighted by atomic mass is 9.97. The average Bonchev–Trinajstić information content (AvgIpc) is 4.20. The van der Waals surface area contributed by atoms with Crippen molar-refractivity contribution in [3.05, 3.63) is 62.9 Å².